The predicted octanol–water partition coefficient (Wildman–Crippen LogP) is 5.68. The quantitative estimate of drug-likeness (QED) is 0.560. The highest BCUT2D eigenvalue weighted by atomic mass is 19.4. The first kappa shape index (κ1) is 20.2. The number of hydrogen-bond donors (Lipinski definition) is 1. The molecular weight excluding hydrogens is 404 g/mol. The third-order valence-electron chi connectivity index (χ3n) is 3.78. The fourth-order valence-electron chi connectivity index (χ4n) is 2.39. The molecule has 0 aliphatic heterocycles. The zero-order valence-electron chi connectivity index (χ0n) is 14.1. The number of alkyl halides is 3. The molecule has 0 aliphatic rings. The van der Waals surface area contributed by atoms with Crippen LogP contribution in [0.4, 0.5) is 26.3 Å². The lowest BCUT2D eigenvalue weighted by molar-refractivity contribution is -0.137. The van der Waals surface area contributed by atoms with E-state index in [9.17, 15) is 36.2 Å². The standard InChI is InChI=1S/C19H9F6NO3/c20-12-6-4-9(19(23,24)25)8-15(12)29-17-11(18(27)28)5-7-14(26-17)10-2-1-3-13(21)16(10)22/h1-8H,(H,27,28). The lowest BCUT2D eigenvalue weighted by Gasteiger charge is -2.13. The number of nitrogens with zero attached hydrogens (tertiary/aromatic N) is 1. The number of pyridine rings is 1. The molecule has 0 saturated heterocycles. The molecule has 1 aromatic heterocycles. The largest absolute Gasteiger partial charge is 0.477 e. The first-order valence-electron chi connectivity index (χ1n) is 7.81. The first-order chi connectivity index (χ1) is 13.6. The molecule has 0 spiro atoms. The normalized spacial score (nSPS) is 11.4. The molecule has 150 valence electrons. The Morgan fingerprint density at radius 3 is 2.34 bits per heavy atom. The fraction of sp³-hybridized carbons (Fsp3) is 0.0526. The van der Waals surface area contributed by atoms with Gasteiger partial charge in [-0.2, -0.15) is 13.2 Å². The minimum absolute atomic E-state index is 0.269. The molecule has 29 heavy (non-hydrogen) atoms. The second-order valence-electron chi connectivity index (χ2n) is 5.70. The van der Waals surface area contributed by atoms with Gasteiger partial charge in [-0.05, 0) is 42.5 Å². The molecule has 1 heterocycles. The molecule has 0 aliphatic carbocycles. The Balaban J connectivity index is 2.11. The van der Waals surface area contributed by atoms with E-state index < -0.39 is 52.4 Å². The van der Waals surface area contributed by atoms with Crippen LogP contribution in [0.2, 0.25) is 0 Å². The SMILES string of the molecule is O=C(O)c1ccc(-c2cccc(F)c2F)nc1Oc1cc(C(F)(F)F)ccc1F. The lowest BCUT2D eigenvalue weighted by atomic mass is 10.1. The van der Waals surface area contributed by atoms with Gasteiger partial charge in [0.25, 0.3) is 0 Å². The van der Waals surface area contributed by atoms with E-state index in [1.165, 1.54) is 6.07 Å². The van der Waals surface area contributed by atoms with Crippen molar-refractivity contribution in [1.29, 1.82) is 0 Å². The number of aromatic carboxylic acids is 1. The Kier molecular flexibility index (Phi) is 5.19. The lowest BCUT2D eigenvalue weighted by Crippen LogP contribution is -2.07. The summed E-state index contributed by atoms with van der Waals surface area (Å²) in [6, 6.07) is 6.45. The van der Waals surface area contributed by atoms with Gasteiger partial charge in [0.15, 0.2) is 23.2 Å². The van der Waals surface area contributed by atoms with Crippen LogP contribution < -0.4 is 4.74 Å². The minimum atomic E-state index is -4.80. The fourth-order valence-corrected chi connectivity index (χ4v) is 2.39. The molecule has 0 atom stereocenters. The van der Waals surface area contributed by atoms with Crippen LogP contribution in [0.1, 0.15) is 15.9 Å². The van der Waals surface area contributed by atoms with Crippen molar-refractivity contribution in [2.75, 3.05) is 0 Å². The number of benzene rings is 2. The number of carboxylic acid groups (broad SMARTS) is 1. The van der Waals surface area contributed by atoms with Gasteiger partial charge in [0.1, 0.15) is 5.56 Å². The predicted molar refractivity (Wildman–Crippen MR) is 88.0 cm³/mol. The Bertz CT molecular complexity index is 1100. The molecule has 0 unspecified atom stereocenters. The van der Waals surface area contributed by atoms with Gasteiger partial charge in [-0.3, -0.25) is 0 Å². The Morgan fingerprint density at radius 2 is 1.69 bits per heavy atom. The van der Waals surface area contributed by atoms with Gasteiger partial charge in [0, 0.05) is 5.56 Å². The Labute approximate surface area is 159 Å². The summed E-state index contributed by atoms with van der Waals surface area (Å²) in [4.78, 5) is 15.1. The number of aromatic nitrogens is 1. The molecule has 2 aromatic carbocycles. The van der Waals surface area contributed by atoms with Crippen molar-refractivity contribution in [2.45, 2.75) is 6.18 Å². The second-order valence-corrected chi connectivity index (χ2v) is 5.70. The smallest absolute Gasteiger partial charge is 0.416 e. The maximum Gasteiger partial charge on any atom is 0.416 e. The average molecular weight is 413 g/mol. The van der Waals surface area contributed by atoms with E-state index in [4.69, 9.17) is 4.74 Å². The van der Waals surface area contributed by atoms with Crippen LogP contribution in [-0.4, -0.2) is 16.1 Å². The summed E-state index contributed by atoms with van der Waals surface area (Å²) in [5.74, 6) is -6.99. The first-order valence-corrected chi connectivity index (χ1v) is 7.81. The van der Waals surface area contributed by atoms with E-state index in [-0.39, 0.29) is 11.3 Å². The summed E-state index contributed by atoms with van der Waals surface area (Å²) < 4.78 is 84.9. The van der Waals surface area contributed by atoms with Gasteiger partial charge in [-0.25, -0.2) is 22.9 Å². The molecule has 1 N–H and O–H groups in total. The molecule has 10 heteroatoms. The van der Waals surface area contributed by atoms with Crippen molar-refractivity contribution < 1.29 is 41.0 Å². The summed E-state index contributed by atoms with van der Waals surface area (Å²) in [5.41, 5.74) is -2.48. The maximum absolute atomic E-state index is 14.0. The average Bonchev–Trinajstić information content (AvgIpc) is 2.64. The summed E-state index contributed by atoms with van der Waals surface area (Å²) in [6.07, 6.45) is -4.80. The maximum atomic E-state index is 14.0. The third kappa shape index (κ3) is 4.15. The van der Waals surface area contributed by atoms with Crippen LogP contribution in [-0.2, 0) is 6.18 Å². The molecule has 4 nitrogen and oxygen atoms in total. The van der Waals surface area contributed by atoms with E-state index in [1.807, 2.05) is 0 Å². The van der Waals surface area contributed by atoms with Crippen molar-refractivity contribution in [2.24, 2.45) is 0 Å². The van der Waals surface area contributed by atoms with E-state index in [0.29, 0.717) is 18.2 Å². The summed E-state index contributed by atoms with van der Waals surface area (Å²) in [5, 5.41) is 9.23. The number of hydrogen-bond acceptors (Lipinski definition) is 3. The van der Waals surface area contributed by atoms with Crippen molar-refractivity contribution in [3.8, 4) is 22.9 Å². The topological polar surface area (TPSA) is 59.4 Å². The molecule has 0 bridgehead atoms. The van der Waals surface area contributed by atoms with Gasteiger partial charge in [-0.15, -0.1) is 0 Å². The monoisotopic (exact) mass is 413 g/mol. The number of carbonyl (C=O) groups is 1. The molecule has 0 saturated carbocycles. The van der Waals surface area contributed by atoms with Gasteiger partial charge >= 0.3 is 12.1 Å². The molecule has 3 rings (SSSR count). The van der Waals surface area contributed by atoms with Gasteiger partial charge < -0.3 is 9.84 Å². The Hall–Kier alpha value is -3.56. The summed E-state index contributed by atoms with van der Waals surface area (Å²) in [6.45, 7) is 0. The zero-order valence-corrected chi connectivity index (χ0v) is 14.1. The van der Waals surface area contributed by atoms with Gasteiger partial charge in [-0.1, -0.05) is 6.07 Å². The van der Waals surface area contributed by atoms with E-state index in [2.05, 4.69) is 4.98 Å². The van der Waals surface area contributed by atoms with E-state index >= 15 is 0 Å². The van der Waals surface area contributed by atoms with Crippen LogP contribution in [0.15, 0.2) is 48.5 Å². The van der Waals surface area contributed by atoms with Crippen LogP contribution in [0.3, 0.4) is 0 Å². The van der Waals surface area contributed by atoms with Crippen molar-refractivity contribution in [1.82, 2.24) is 4.98 Å². The molecule has 0 amide bonds. The van der Waals surface area contributed by atoms with Crippen LogP contribution >= 0.6 is 0 Å². The Morgan fingerprint density at radius 1 is 0.966 bits per heavy atom. The minimum Gasteiger partial charge on any atom is -0.477 e. The van der Waals surface area contributed by atoms with Gasteiger partial charge in [0.2, 0.25) is 5.88 Å². The molecular formula is C19H9F6NO3. The molecule has 0 radical (unpaired) electrons. The number of ether oxygens (including phenoxy) is 1. The van der Waals surface area contributed by atoms with Crippen LogP contribution in [0.25, 0.3) is 11.3 Å². The van der Waals surface area contributed by atoms with Crippen LogP contribution in [0.5, 0.6) is 11.6 Å². The zero-order chi connectivity index (χ0) is 21.3. The summed E-state index contributed by atoms with van der Waals surface area (Å²) in [7, 11) is 0. The molecule has 3 aromatic rings. The highest BCUT2D eigenvalue weighted by Gasteiger charge is 2.32. The third-order valence-corrected chi connectivity index (χ3v) is 3.78. The highest BCUT2D eigenvalue weighted by molar-refractivity contribution is 5.90. The summed E-state index contributed by atoms with van der Waals surface area (Å²) >= 11 is 0. The number of rotatable bonds is 4. The van der Waals surface area contributed by atoms with E-state index in [1.54, 1.807) is 0 Å². The van der Waals surface area contributed by atoms with E-state index in [0.717, 1.165) is 24.3 Å². The van der Waals surface area contributed by atoms with Crippen molar-refractivity contribution in [3.05, 3.63) is 77.1 Å². The van der Waals surface area contributed by atoms with Crippen molar-refractivity contribution in [3.63, 3.8) is 0 Å². The second kappa shape index (κ2) is 7.46. The number of halogens is 6. The van der Waals surface area contributed by atoms with Crippen LogP contribution in [0, 0.1) is 17.5 Å². The van der Waals surface area contributed by atoms with Gasteiger partial charge in [0.05, 0.1) is 11.3 Å². The molecule has 0 fully saturated rings. The van der Waals surface area contributed by atoms with Crippen molar-refractivity contribution >= 4 is 5.97 Å². The highest BCUT2D eigenvalue weighted by Crippen LogP contribution is 2.35. The number of carboxylic acids is 1.